The van der Waals surface area contributed by atoms with Gasteiger partial charge in [-0.2, -0.15) is 5.26 Å². The van der Waals surface area contributed by atoms with Gasteiger partial charge in [-0.15, -0.1) is 0 Å². The Kier molecular flexibility index (Phi) is 5.26. The lowest BCUT2D eigenvalue weighted by atomic mass is 9.68. The number of hydrogen-bond acceptors (Lipinski definition) is 5. The molecule has 1 aliphatic carbocycles. The minimum absolute atomic E-state index is 0.0662. The number of carbonyl (C=O) groups excluding carboxylic acids is 1. The summed E-state index contributed by atoms with van der Waals surface area (Å²) in [4.78, 5) is 24.6. The van der Waals surface area contributed by atoms with Crippen LogP contribution in [0.4, 0.5) is 5.82 Å². The number of rotatable bonds is 3. The molecular weight excluding hydrogens is 478 g/mol. The van der Waals surface area contributed by atoms with E-state index >= 15 is 0 Å². The van der Waals surface area contributed by atoms with Gasteiger partial charge in [0.05, 0.1) is 17.6 Å². The van der Waals surface area contributed by atoms with E-state index < -0.39 is 5.92 Å². The van der Waals surface area contributed by atoms with Gasteiger partial charge < -0.3 is 4.57 Å². The van der Waals surface area contributed by atoms with E-state index in [1.54, 1.807) is 18.6 Å². The molecule has 2 aliphatic rings. The van der Waals surface area contributed by atoms with E-state index in [-0.39, 0.29) is 11.2 Å². The number of anilines is 1. The van der Waals surface area contributed by atoms with Crippen molar-refractivity contribution < 1.29 is 4.79 Å². The third-order valence-electron chi connectivity index (χ3n) is 6.12. The zero-order chi connectivity index (χ0) is 23.2. The Morgan fingerprint density at radius 1 is 1.12 bits per heavy atom. The molecule has 0 saturated carbocycles. The maximum Gasteiger partial charge on any atom is 0.162 e. The van der Waals surface area contributed by atoms with Crippen molar-refractivity contribution in [3.05, 3.63) is 94.3 Å². The second-order valence-electron chi connectivity index (χ2n) is 9.13. The van der Waals surface area contributed by atoms with Crippen LogP contribution in [0.25, 0.3) is 5.82 Å². The molecule has 4 heterocycles. The lowest BCUT2D eigenvalue weighted by Crippen LogP contribution is -2.40. The van der Waals surface area contributed by atoms with Gasteiger partial charge in [-0.25, -0.2) is 4.98 Å². The van der Waals surface area contributed by atoms with Gasteiger partial charge in [0.2, 0.25) is 0 Å². The van der Waals surface area contributed by atoms with Gasteiger partial charge in [0.25, 0.3) is 0 Å². The fourth-order valence-electron chi connectivity index (χ4n) is 4.82. The molecule has 164 valence electrons. The number of nitriles is 1. The molecule has 3 aromatic rings. The average Bonchev–Trinajstić information content (AvgIpc) is 3.33. The van der Waals surface area contributed by atoms with Gasteiger partial charge in [0, 0.05) is 53.1 Å². The summed E-state index contributed by atoms with van der Waals surface area (Å²) < 4.78 is 2.79. The number of allylic oxidation sites excluding steroid dienone is 3. The van der Waals surface area contributed by atoms with Crippen molar-refractivity contribution in [2.75, 3.05) is 4.90 Å². The van der Waals surface area contributed by atoms with E-state index in [2.05, 4.69) is 45.8 Å². The molecule has 0 radical (unpaired) electrons. The number of carbonyl (C=O) groups is 1. The Hall–Kier alpha value is -3.50. The summed E-state index contributed by atoms with van der Waals surface area (Å²) in [6.07, 6.45) is 10.1. The molecule has 1 aliphatic heterocycles. The van der Waals surface area contributed by atoms with Crippen molar-refractivity contribution in [3.63, 3.8) is 0 Å². The van der Waals surface area contributed by atoms with Crippen molar-refractivity contribution in [2.24, 2.45) is 5.41 Å². The molecular formula is C26H22BrN5O. The van der Waals surface area contributed by atoms with Crippen LogP contribution in [0.1, 0.15) is 38.2 Å². The SMILES string of the molecule is CC1(C)CC(=O)C2=C(C1)N(c1ccc(Br)cn1)C(n1cccc1)=C(C#N)[C@@H]2c1cccnc1. The number of Topliss-reactive ketones (excluding diaryl/α,β-unsaturated/α-hetero) is 1. The highest BCUT2D eigenvalue weighted by Gasteiger charge is 2.45. The summed E-state index contributed by atoms with van der Waals surface area (Å²) >= 11 is 3.46. The first-order chi connectivity index (χ1) is 15.9. The van der Waals surface area contributed by atoms with E-state index in [1.165, 1.54) is 0 Å². The third kappa shape index (κ3) is 3.70. The number of nitrogens with zero attached hydrogens (tertiary/aromatic N) is 5. The standard InChI is InChI=1S/C26H22BrN5O/c1-26(2)12-20-24(21(33)13-26)23(17-6-5-9-29-15-17)19(14-28)25(31-10-3-4-11-31)32(20)22-8-7-18(27)16-30-22/h3-11,15-16,23H,12-13H2,1-2H3/t23-/m0/s1. The first-order valence-corrected chi connectivity index (χ1v) is 11.5. The second-order valence-corrected chi connectivity index (χ2v) is 10.0. The molecule has 0 amide bonds. The summed E-state index contributed by atoms with van der Waals surface area (Å²) in [6, 6.07) is 13.9. The third-order valence-corrected chi connectivity index (χ3v) is 6.59. The van der Waals surface area contributed by atoms with Gasteiger partial charge in [0.1, 0.15) is 11.6 Å². The first kappa shape index (κ1) is 21.4. The first-order valence-electron chi connectivity index (χ1n) is 10.7. The minimum atomic E-state index is -0.480. The molecule has 5 rings (SSSR count). The van der Waals surface area contributed by atoms with Crippen molar-refractivity contribution in [1.82, 2.24) is 14.5 Å². The summed E-state index contributed by atoms with van der Waals surface area (Å²) in [6.45, 7) is 4.22. The van der Waals surface area contributed by atoms with E-state index in [9.17, 15) is 10.1 Å². The van der Waals surface area contributed by atoms with Crippen molar-refractivity contribution in [3.8, 4) is 6.07 Å². The van der Waals surface area contributed by atoms with Crippen LogP contribution in [-0.2, 0) is 4.79 Å². The minimum Gasteiger partial charge on any atom is -0.309 e. The Labute approximate surface area is 201 Å². The average molecular weight is 500 g/mol. The largest absolute Gasteiger partial charge is 0.309 e. The maximum absolute atomic E-state index is 13.6. The van der Waals surface area contributed by atoms with Crippen LogP contribution in [0, 0.1) is 16.7 Å². The Bertz CT molecular complexity index is 1320. The van der Waals surface area contributed by atoms with Crippen LogP contribution in [0.3, 0.4) is 0 Å². The van der Waals surface area contributed by atoms with Crippen LogP contribution in [-0.4, -0.2) is 20.3 Å². The maximum atomic E-state index is 13.6. The van der Waals surface area contributed by atoms with Crippen molar-refractivity contribution >= 4 is 33.4 Å². The fraction of sp³-hybridized carbons (Fsp3) is 0.231. The highest BCUT2D eigenvalue weighted by molar-refractivity contribution is 9.10. The molecule has 0 unspecified atom stereocenters. The molecule has 3 aromatic heterocycles. The molecule has 0 aromatic carbocycles. The lowest BCUT2D eigenvalue weighted by molar-refractivity contribution is -0.118. The normalized spacial score (nSPS) is 20.0. The highest BCUT2D eigenvalue weighted by Crippen LogP contribution is 2.51. The van der Waals surface area contributed by atoms with E-state index in [4.69, 9.17) is 0 Å². The van der Waals surface area contributed by atoms with E-state index in [1.807, 2.05) is 58.3 Å². The van der Waals surface area contributed by atoms with Gasteiger partial charge in [0.15, 0.2) is 5.78 Å². The fourth-order valence-corrected chi connectivity index (χ4v) is 5.06. The van der Waals surface area contributed by atoms with Crippen molar-refractivity contribution in [2.45, 2.75) is 32.6 Å². The predicted octanol–water partition coefficient (Wildman–Crippen LogP) is 5.68. The van der Waals surface area contributed by atoms with Crippen LogP contribution in [0.5, 0.6) is 0 Å². The van der Waals surface area contributed by atoms with E-state index in [0.29, 0.717) is 35.6 Å². The van der Waals surface area contributed by atoms with Crippen LogP contribution >= 0.6 is 15.9 Å². The molecule has 0 N–H and O–H groups in total. The molecule has 0 saturated heterocycles. The van der Waals surface area contributed by atoms with Gasteiger partial charge in [-0.3, -0.25) is 14.7 Å². The van der Waals surface area contributed by atoms with Gasteiger partial charge >= 0.3 is 0 Å². The molecule has 0 spiro atoms. The summed E-state index contributed by atoms with van der Waals surface area (Å²) in [5, 5.41) is 10.4. The number of aromatic nitrogens is 3. The van der Waals surface area contributed by atoms with E-state index in [0.717, 1.165) is 15.7 Å². The predicted molar refractivity (Wildman–Crippen MR) is 130 cm³/mol. The highest BCUT2D eigenvalue weighted by atomic mass is 79.9. The molecule has 6 nitrogen and oxygen atoms in total. The number of halogens is 1. The van der Waals surface area contributed by atoms with Gasteiger partial charge in [-0.1, -0.05) is 19.9 Å². The Balaban J connectivity index is 1.86. The summed E-state index contributed by atoms with van der Waals surface area (Å²) in [5.74, 6) is 0.940. The molecule has 1 atom stereocenters. The van der Waals surface area contributed by atoms with Crippen LogP contribution in [0.15, 0.2) is 88.7 Å². The molecule has 7 heteroatoms. The van der Waals surface area contributed by atoms with Gasteiger partial charge in [-0.05, 0) is 63.7 Å². The number of ketones is 1. The zero-order valence-electron chi connectivity index (χ0n) is 18.4. The van der Waals surface area contributed by atoms with Crippen molar-refractivity contribution in [1.29, 1.82) is 5.26 Å². The monoisotopic (exact) mass is 499 g/mol. The topological polar surface area (TPSA) is 74.8 Å². The Morgan fingerprint density at radius 3 is 2.55 bits per heavy atom. The molecule has 0 fully saturated rings. The Morgan fingerprint density at radius 2 is 1.91 bits per heavy atom. The van der Waals surface area contributed by atoms with Crippen LogP contribution < -0.4 is 4.90 Å². The summed E-state index contributed by atoms with van der Waals surface area (Å²) in [7, 11) is 0. The van der Waals surface area contributed by atoms with Crippen LogP contribution in [0.2, 0.25) is 0 Å². The molecule has 0 bridgehead atoms. The number of hydrogen-bond donors (Lipinski definition) is 0. The lowest BCUT2D eigenvalue weighted by Gasteiger charge is -2.44. The molecule has 33 heavy (non-hydrogen) atoms. The number of pyridine rings is 2. The smallest absolute Gasteiger partial charge is 0.162 e. The second kappa shape index (κ2) is 8.13. The summed E-state index contributed by atoms with van der Waals surface area (Å²) in [5.41, 5.74) is 2.68. The quantitative estimate of drug-likeness (QED) is 0.463. The zero-order valence-corrected chi connectivity index (χ0v) is 20.0.